The number of carbonyl (C=O) groups is 1. The summed E-state index contributed by atoms with van der Waals surface area (Å²) in [5.74, 6) is 0.728. The summed E-state index contributed by atoms with van der Waals surface area (Å²) in [5, 5.41) is 8.97. The zero-order valence-corrected chi connectivity index (χ0v) is 10.5. The largest absolute Gasteiger partial charge is 0.481 e. The molecule has 0 aromatic heterocycles. The molecule has 4 atom stereocenters. The predicted octanol–water partition coefficient (Wildman–Crippen LogP) is 2.64. The summed E-state index contributed by atoms with van der Waals surface area (Å²) < 4.78 is 0. The number of hydrogen-bond donors (Lipinski definition) is 2. The van der Waals surface area contributed by atoms with Crippen molar-refractivity contribution in [3.8, 4) is 0 Å². The molecule has 0 aromatic rings. The maximum atomic E-state index is 10.9. The molecule has 0 saturated heterocycles. The van der Waals surface area contributed by atoms with Crippen LogP contribution in [0.5, 0.6) is 0 Å². The lowest BCUT2D eigenvalue weighted by Crippen LogP contribution is -2.38. The molecule has 1 aliphatic carbocycles. The Kier molecular flexibility index (Phi) is 5.26. The van der Waals surface area contributed by atoms with Gasteiger partial charge in [0.25, 0.3) is 0 Å². The quantitative estimate of drug-likeness (QED) is 0.759. The lowest BCUT2D eigenvalue weighted by Gasteiger charge is -2.35. The van der Waals surface area contributed by atoms with E-state index >= 15 is 0 Å². The third-order valence-corrected chi connectivity index (χ3v) is 4.01. The molecule has 0 bridgehead atoms. The summed E-state index contributed by atoms with van der Waals surface area (Å²) in [6.45, 7) is 4.31. The van der Waals surface area contributed by atoms with Crippen molar-refractivity contribution in [2.24, 2.45) is 23.5 Å². The minimum Gasteiger partial charge on any atom is -0.481 e. The lowest BCUT2D eigenvalue weighted by atomic mass is 9.72. The molecule has 1 rings (SSSR count). The van der Waals surface area contributed by atoms with Gasteiger partial charge in [-0.3, -0.25) is 4.79 Å². The van der Waals surface area contributed by atoms with E-state index in [9.17, 15) is 4.79 Å². The first kappa shape index (κ1) is 13.5. The van der Waals surface area contributed by atoms with Crippen LogP contribution < -0.4 is 5.73 Å². The van der Waals surface area contributed by atoms with Gasteiger partial charge in [-0.25, -0.2) is 0 Å². The Morgan fingerprint density at radius 3 is 2.69 bits per heavy atom. The number of nitrogens with two attached hydrogens (primary N) is 1. The Morgan fingerprint density at radius 1 is 1.50 bits per heavy atom. The number of carboxylic acids is 1. The monoisotopic (exact) mass is 227 g/mol. The van der Waals surface area contributed by atoms with Gasteiger partial charge in [0.15, 0.2) is 0 Å². The van der Waals surface area contributed by atoms with Gasteiger partial charge in [0.1, 0.15) is 0 Å². The molecular weight excluding hydrogens is 202 g/mol. The van der Waals surface area contributed by atoms with Crippen LogP contribution in [-0.4, -0.2) is 17.1 Å². The fraction of sp³-hybridized carbons (Fsp3) is 0.923. The molecule has 1 aliphatic rings. The highest BCUT2D eigenvalue weighted by atomic mass is 16.4. The standard InChI is InChI=1S/C13H25NO2/c1-3-12(14)11(8-13(15)16)10-6-4-5-9(2)7-10/h9-12H,3-8,14H2,1-2H3,(H,15,16). The van der Waals surface area contributed by atoms with E-state index in [0.717, 1.165) is 25.2 Å². The Hall–Kier alpha value is -0.570. The molecule has 3 N–H and O–H groups in total. The van der Waals surface area contributed by atoms with Crippen LogP contribution in [0.25, 0.3) is 0 Å². The normalized spacial score (nSPS) is 29.7. The summed E-state index contributed by atoms with van der Waals surface area (Å²) in [6, 6.07) is 0.0476. The molecule has 0 radical (unpaired) electrons. The van der Waals surface area contributed by atoms with Gasteiger partial charge in [0.05, 0.1) is 0 Å². The van der Waals surface area contributed by atoms with Crippen LogP contribution >= 0.6 is 0 Å². The van der Waals surface area contributed by atoms with Crippen molar-refractivity contribution in [2.45, 2.75) is 58.4 Å². The van der Waals surface area contributed by atoms with Crippen molar-refractivity contribution in [3.05, 3.63) is 0 Å². The Labute approximate surface area is 98.4 Å². The first-order chi connectivity index (χ1) is 7.54. The number of carboxylic acid groups (broad SMARTS) is 1. The minimum atomic E-state index is -0.702. The van der Waals surface area contributed by atoms with Gasteiger partial charge in [-0.2, -0.15) is 0 Å². The molecular formula is C13H25NO2. The third kappa shape index (κ3) is 3.78. The second-order valence-corrected chi connectivity index (χ2v) is 5.37. The van der Waals surface area contributed by atoms with Crippen LogP contribution in [0.15, 0.2) is 0 Å². The van der Waals surface area contributed by atoms with Gasteiger partial charge in [0, 0.05) is 12.5 Å². The smallest absolute Gasteiger partial charge is 0.303 e. The first-order valence-corrected chi connectivity index (χ1v) is 6.52. The van der Waals surface area contributed by atoms with E-state index < -0.39 is 5.97 Å². The fourth-order valence-electron chi connectivity index (χ4n) is 3.04. The summed E-state index contributed by atoms with van der Waals surface area (Å²) in [4.78, 5) is 10.9. The molecule has 0 aromatic carbocycles. The molecule has 0 aliphatic heterocycles. The van der Waals surface area contributed by atoms with E-state index in [0.29, 0.717) is 5.92 Å². The van der Waals surface area contributed by atoms with E-state index in [4.69, 9.17) is 10.8 Å². The van der Waals surface area contributed by atoms with Gasteiger partial charge < -0.3 is 10.8 Å². The van der Waals surface area contributed by atoms with Crippen molar-refractivity contribution in [3.63, 3.8) is 0 Å². The van der Waals surface area contributed by atoms with Crippen LogP contribution in [0, 0.1) is 17.8 Å². The zero-order chi connectivity index (χ0) is 12.1. The van der Waals surface area contributed by atoms with Crippen molar-refractivity contribution >= 4 is 5.97 Å². The van der Waals surface area contributed by atoms with Crippen LogP contribution in [0.1, 0.15) is 52.4 Å². The van der Waals surface area contributed by atoms with Crippen molar-refractivity contribution in [1.82, 2.24) is 0 Å². The van der Waals surface area contributed by atoms with E-state index in [1.165, 1.54) is 12.8 Å². The molecule has 0 amide bonds. The molecule has 1 saturated carbocycles. The highest BCUT2D eigenvalue weighted by Crippen LogP contribution is 2.36. The average Bonchev–Trinajstić information content (AvgIpc) is 2.24. The molecule has 16 heavy (non-hydrogen) atoms. The lowest BCUT2D eigenvalue weighted by molar-refractivity contribution is -0.139. The van der Waals surface area contributed by atoms with E-state index in [1.54, 1.807) is 0 Å². The van der Waals surface area contributed by atoms with Crippen LogP contribution in [0.4, 0.5) is 0 Å². The molecule has 0 heterocycles. The van der Waals surface area contributed by atoms with Crippen molar-refractivity contribution in [2.75, 3.05) is 0 Å². The maximum Gasteiger partial charge on any atom is 0.303 e. The predicted molar refractivity (Wildman–Crippen MR) is 65.1 cm³/mol. The zero-order valence-electron chi connectivity index (χ0n) is 10.5. The van der Waals surface area contributed by atoms with Gasteiger partial charge >= 0.3 is 5.97 Å². The van der Waals surface area contributed by atoms with Gasteiger partial charge in [0.2, 0.25) is 0 Å². The first-order valence-electron chi connectivity index (χ1n) is 6.52. The van der Waals surface area contributed by atoms with Gasteiger partial charge in [-0.15, -0.1) is 0 Å². The Morgan fingerprint density at radius 2 is 2.19 bits per heavy atom. The highest BCUT2D eigenvalue weighted by molar-refractivity contribution is 5.67. The number of aliphatic carboxylic acids is 1. The van der Waals surface area contributed by atoms with Crippen molar-refractivity contribution in [1.29, 1.82) is 0 Å². The Balaban J connectivity index is 2.62. The number of hydrogen-bond acceptors (Lipinski definition) is 2. The van der Waals surface area contributed by atoms with Crippen molar-refractivity contribution < 1.29 is 9.90 Å². The van der Waals surface area contributed by atoms with Gasteiger partial charge in [-0.1, -0.05) is 33.1 Å². The SMILES string of the molecule is CCC(N)C(CC(=O)O)C1CCCC(C)C1. The van der Waals surface area contributed by atoms with E-state index in [-0.39, 0.29) is 18.4 Å². The highest BCUT2D eigenvalue weighted by Gasteiger charge is 2.31. The molecule has 3 nitrogen and oxygen atoms in total. The third-order valence-electron chi connectivity index (χ3n) is 4.01. The van der Waals surface area contributed by atoms with E-state index in [2.05, 4.69) is 6.92 Å². The second kappa shape index (κ2) is 6.24. The van der Waals surface area contributed by atoms with Crippen LogP contribution in [0.3, 0.4) is 0 Å². The maximum absolute atomic E-state index is 10.9. The Bertz CT molecular complexity index is 230. The summed E-state index contributed by atoms with van der Waals surface area (Å²) in [5.41, 5.74) is 6.08. The molecule has 3 heteroatoms. The second-order valence-electron chi connectivity index (χ2n) is 5.37. The molecule has 0 spiro atoms. The average molecular weight is 227 g/mol. The van der Waals surface area contributed by atoms with E-state index in [1.807, 2.05) is 6.92 Å². The van der Waals surface area contributed by atoms with Crippen LogP contribution in [0.2, 0.25) is 0 Å². The fourth-order valence-corrected chi connectivity index (χ4v) is 3.04. The molecule has 94 valence electrons. The summed E-state index contributed by atoms with van der Waals surface area (Å²) >= 11 is 0. The summed E-state index contributed by atoms with van der Waals surface area (Å²) in [6.07, 6.45) is 5.97. The minimum absolute atomic E-state index is 0.0476. The van der Waals surface area contributed by atoms with Crippen LogP contribution in [-0.2, 0) is 4.79 Å². The molecule has 1 fully saturated rings. The topological polar surface area (TPSA) is 63.3 Å². The molecule has 4 unspecified atom stereocenters. The summed E-state index contributed by atoms with van der Waals surface area (Å²) in [7, 11) is 0. The van der Waals surface area contributed by atoms with Gasteiger partial charge in [-0.05, 0) is 30.6 Å². The number of rotatable bonds is 5.